The van der Waals surface area contributed by atoms with Crippen LogP contribution in [0.25, 0.3) is 0 Å². The van der Waals surface area contributed by atoms with Crippen LogP contribution < -0.4 is 10.6 Å². The Morgan fingerprint density at radius 2 is 2.16 bits per heavy atom. The number of amides is 1. The Morgan fingerprint density at radius 1 is 1.37 bits per heavy atom. The second-order valence-electron chi connectivity index (χ2n) is 4.59. The number of aromatic nitrogens is 2. The molecule has 6 nitrogen and oxygen atoms in total. The quantitative estimate of drug-likeness (QED) is 0.836. The molecule has 19 heavy (non-hydrogen) atoms. The van der Waals surface area contributed by atoms with Crippen LogP contribution in [0.5, 0.6) is 0 Å². The smallest absolute Gasteiger partial charge is 0.272 e. The molecule has 1 aliphatic rings. The molecule has 104 valence electrons. The second-order valence-corrected chi connectivity index (χ2v) is 4.59. The average molecular weight is 264 g/mol. The normalized spacial score (nSPS) is 16.1. The van der Waals surface area contributed by atoms with Gasteiger partial charge in [0.25, 0.3) is 5.91 Å². The van der Waals surface area contributed by atoms with E-state index in [9.17, 15) is 4.79 Å². The number of rotatable bonds is 5. The van der Waals surface area contributed by atoms with Gasteiger partial charge in [0.05, 0.1) is 0 Å². The van der Waals surface area contributed by atoms with Crippen molar-refractivity contribution in [3.63, 3.8) is 0 Å². The van der Waals surface area contributed by atoms with Crippen molar-refractivity contribution in [1.29, 1.82) is 0 Å². The summed E-state index contributed by atoms with van der Waals surface area (Å²) in [7, 11) is 0. The van der Waals surface area contributed by atoms with Crippen molar-refractivity contribution in [2.24, 2.45) is 0 Å². The van der Waals surface area contributed by atoms with Gasteiger partial charge in [0.1, 0.15) is 5.82 Å². The average Bonchev–Trinajstić information content (AvgIpc) is 2.46. The van der Waals surface area contributed by atoms with E-state index in [-0.39, 0.29) is 11.9 Å². The fraction of sp³-hybridized carbons (Fsp3) is 0.615. The number of nitrogens with zero attached hydrogens (tertiary/aromatic N) is 2. The van der Waals surface area contributed by atoms with Crippen molar-refractivity contribution in [3.05, 3.63) is 17.8 Å². The zero-order chi connectivity index (χ0) is 13.5. The molecule has 2 heterocycles. The standard InChI is InChI=1S/C13H20N4O2/c1-2-7-14-12-4-3-11(16-17-12)13(18)15-10-5-8-19-9-6-10/h3-4,10H,2,5-9H2,1H3,(H,14,17)(H,15,18). The molecule has 0 saturated carbocycles. The first-order chi connectivity index (χ1) is 9.29. The summed E-state index contributed by atoms with van der Waals surface area (Å²) in [5.74, 6) is 0.533. The molecule has 0 bridgehead atoms. The van der Waals surface area contributed by atoms with Gasteiger partial charge < -0.3 is 15.4 Å². The number of anilines is 1. The van der Waals surface area contributed by atoms with Crippen molar-refractivity contribution >= 4 is 11.7 Å². The highest BCUT2D eigenvalue weighted by molar-refractivity contribution is 5.92. The van der Waals surface area contributed by atoms with Gasteiger partial charge in [0.2, 0.25) is 0 Å². The topological polar surface area (TPSA) is 76.1 Å². The molecule has 1 saturated heterocycles. The summed E-state index contributed by atoms with van der Waals surface area (Å²) in [6.07, 6.45) is 2.73. The third kappa shape index (κ3) is 4.17. The Kier molecular flexibility index (Phi) is 5.09. The minimum absolute atomic E-state index is 0.165. The minimum atomic E-state index is -0.165. The SMILES string of the molecule is CCCNc1ccc(C(=O)NC2CCOCC2)nn1. The van der Waals surface area contributed by atoms with Gasteiger partial charge in [-0.3, -0.25) is 4.79 Å². The molecule has 1 aromatic rings. The van der Waals surface area contributed by atoms with E-state index < -0.39 is 0 Å². The summed E-state index contributed by atoms with van der Waals surface area (Å²) in [5.41, 5.74) is 0.355. The van der Waals surface area contributed by atoms with E-state index in [1.807, 2.05) is 0 Å². The monoisotopic (exact) mass is 264 g/mol. The number of carbonyl (C=O) groups excluding carboxylic acids is 1. The van der Waals surface area contributed by atoms with Crippen LogP contribution in [0.15, 0.2) is 12.1 Å². The van der Waals surface area contributed by atoms with Gasteiger partial charge in [-0.1, -0.05) is 6.92 Å². The van der Waals surface area contributed by atoms with Crippen LogP contribution in [0.1, 0.15) is 36.7 Å². The molecule has 6 heteroatoms. The van der Waals surface area contributed by atoms with Crippen LogP contribution in [-0.2, 0) is 4.74 Å². The van der Waals surface area contributed by atoms with Gasteiger partial charge >= 0.3 is 0 Å². The Hall–Kier alpha value is -1.69. The lowest BCUT2D eigenvalue weighted by atomic mass is 10.1. The highest BCUT2D eigenvalue weighted by Crippen LogP contribution is 2.08. The van der Waals surface area contributed by atoms with Crippen molar-refractivity contribution in [2.45, 2.75) is 32.2 Å². The summed E-state index contributed by atoms with van der Waals surface area (Å²) >= 11 is 0. The van der Waals surface area contributed by atoms with Crippen LogP contribution in [-0.4, -0.2) is 41.9 Å². The van der Waals surface area contributed by atoms with Gasteiger partial charge in [-0.25, -0.2) is 0 Å². The summed E-state index contributed by atoms with van der Waals surface area (Å²) in [5, 5.41) is 14.0. The predicted octanol–water partition coefficient (Wildman–Crippen LogP) is 1.21. The van der Waals surface area contributed by atoms with Gasteiger partial charge in [-0.2, -0.15) is 0 Å². The number of carbonyl (C=O) groups is 1. The van der Waals surface area contributed by atoms with Gasteiger partial charge in [0.15, 0.2) is 5.69 Å². The highest BCUT2D eigenvalue weighted by Gasteiger charge is 2.17. The maximum atomic E-state index is 12.0. The number of hydrogen-bond acceptors (Lipinski definition) is 5. The van der Waals surface area contributed by atoms with E-state index in [1.54, 1.807) is 12.1 Å². The zero-order valence-corrected chi connectivity index (χ0v) is 11.2. The van der Waals surface area contributed by atoms with E-state index in [2.05, 4.69) is 27.8 Å². The molecular weight excluding hydrogens is 244 g/mol. The molecule has 0 atom stereocenters. The van der Waals surface area contributed by atoms with Crippen LogP contribution in [0.2, 0.25) is 0 Å². The van der Waals surface area contributed by atoms with Gasteiger partial charge in [-0.05, 0) is 31.4 Å². The molecule has 0 unspecified atom stereocenters. The molecule has 0 radical (unpaired) electrons. The van der Waals surface area contributed by atoms with E-state index in [0.717, 1.165) is 25.8 Å². The van der Waals surface area contributed by atoms with Crippen molar-refractivity contribution in [3.8, 4) is 0 Å². The third-order valence-electron chi connectivity index (χ3n) is 3.01. The lowest BCUT2D eigenvalue weighted by molar-refractivity contribution is 0.0693. The van der Waals surface area contributed by atoms with Crippen molar-refractivity contribution in [2.75, 3.05) is 25.1 Å². The highest BCUT2D eigenvalue weighted by atomic mass is 16.5. The number of nitrogens with one attached hydrogen (secondary N) is 2. The number of ether oxygens (including phenoxy) is 1. The lowest BCUT2D eigenvalue weighted by Crippen LogP contribution is -2.39. The Balaban J connectivity index is 1.87. The maximum Gasteiger partial charge on any atom is 0.272 e. The molecule has 2 N–H and O–H groups in total. The largest absolute Gasteiger partial charge is 0.381 e. The van der Waals surface area contributed by atoms with Gasteiger partial charge in [-0.15, -0.1) is 10.2 Å². The molecule has 1 fully saturated rings. The van der Waals surface area contributed by atoms with Crippen molar-refractivity contribution < 1.29 is 9.53 Å². The summed E-state index contributed by atoms with van der Waals surface area (Å²) in [6.45, 7) is 4.34. The number of hydrogen-bond donors (Lipinski definition) is 2. The van der Waals surface area contributed by atoms with Gasteiger partial charge in [0, 0.05) is 25.8 Å². The minimum Gasteiger partial charge on any atom is -0.381 e. The summed E-state index contributed by atoms with van der Waals surface area (Å²) in [4.78, 5) is 12.0. The third-order valence-corrected chi connectivity index (χ3v) is 3.01. The molecule has 1 amide bonds. The Labute approximate surface area is 112 Å². The fourth-order valence-corrected chi connectivity index (χ4v) is 1.90. The summed E-state index contributed by atoms with van der Waals surface area (Å²) < 4.78 is 5.25. The zero-order valence-electron chi connectivity index (χ0n) is 11.2. The molecule has 0 aliphatic carbocycles. The molecule has 2 rings (SSSR count). The maximum absolute atomic E-state index is 12.0. The Bertz CT molecular complexity index is 402. The summed E-state index contributed by atoms with van der Waals surface area (Å²) in [6, 6.07) is 3.65. The van der Waals surface area contributed by atoms with E-state index >= 15 is 0 Å². The first-order valence-corrected chi connectivity index (χ1v) is 6.76. The predicted molar refractivity (Wildman–Crippen MR) is 72.1 cm³/mol. The Morgan fingerprint density at radius 3 is 2.79 bits per heavy atom. The molecule has 0 aromatic carbocycles. The lowest BCUT2D eigenvalue weighted by Gasteiger charge is -2.22. The van der Waals surface area contributed by atoms with E-state index in [1.165, 1.54) is 0 Å². The molecule has 0 spiro atoms. The first-order valence-electron chi connectivity index (χ1n) is 6.76. The first kappa shape index (κ1) is 13.7. The fourth-order valence-electron chi connectivity index (χ4n) is 1.90. The van der Waals surface area contributed by atoms with E-state index in [0.29, 0.717) is 24.7 Å². The van der Waals surface area contributed by atoms with Crippen LogP contribution in [0, 0.1) is 0 Å². The van der Waals surface area contributed by atoms with Crippen LogP contribution in [0.4, 0.5) is 5.82 Å². The molecule has 1 aliphatic heterocycles. The molecule has 1 aromatic heterocycles. The van der Waals surface area contributed by atoms with Crippen molar-refractivity contribution in [1.82, 2.24) is 15.5 Å². The van der Waals surface area contributed by atoms with E-state index in [4.69, 9.17) is 4.74 Å². The van der Waals surface area contributed by atoms with Crippen LogP contribution in [0.3, 0.4) is 0 Å². The van der Waals surface area contributed by atoms with Crippen LogP contribution >= 0.6 is 0 Å². The molecular formula is C13H20N4O2. The second kappa shape index (κ2) is 7.04.